The van der Waals surface area contributed by atoms with Crippen molar-refractivity contribution in [3.63, 3.8) is 0 Å². The Bertz CT molecular complexity index is 95.1. The van der Waals surface area contributed by atoms with E-state index in [1.54, 1.807) is 0 Å². The van der Waals surface area contributed by atoms with Crippen LogP contribution < -0.4 is 5.32 Å². The van der Waals surface area contributed by atoms with Crippen molar-refractivity contribution in [2.24, 2.45) is 0 Å². The van der Waals surface area contributed by atoms with Crippen LogP contribution in [-0.2, 0) is 0 Å². The lowest BCUT2D eigenvalue weighted by atomic mass is 10.2. The SMILES string of the molecule is CCCC(C)NC(O)=S. The minimum absolute atomic E-state index is 0.101. The first-order valence-electron chi connectivity index (χ1n) is 3.16. The van der Waals surface area contributed by atoms with E-state index in [4.69, 9.17) is 5.11 Å². The maximum Gasteiger partial charge on any atom is 0.254 e. The number of rotatable bonds is 3. The average Bonchev–Trinajstić information content (AvgIpc) is 1.63. The van der Waals surface area contributed by atoms with E-state index in [1.807, 2.05) is 6.92 Å². The monoisotopic (exact) mass is 147 g/mol. The topological polar surface area (TPSA) is 32.3 Å². The minimum Gasteiger partial charge on any atom is -0.487 e. The Hall–Kier alpha value is -0.310. The van der Waals surface area contributed by atoms with Crippen LogP contribution in [-0.4, -0.2) is 16.3 Å². The second kappa shape index (κ2) is 4.56. The second-order valence-corrected chi connectivity index (χ2v) is 2.53. The van der Waals surface area contributed by atoms with Gasteiger partial charge in [-0.25, -0.2) is 0 Å². The Labute approximate surface area is 61.3 Å². The highest BCUT2D eigenvalue weighted by Crippen LogP contribution is 1.93. The molecule has 0 aromatic heterocycles. The summed E-state index contributed by atoms with van der Waals surface area (Å²) in [6, 6.07) is 0.299. The van der Waals surface area contributed by atoms with Crippen LogP contribution in [0.25, 0.3) is 0 Å². The van der Waals surface area contributed by atoms with E-state index in [0.29, 0.717) is 6.04 Å². The highest BCUT2D eigenvalue weighted by molar-refractivity contribution is 7.79. The first kappa shape index (κ1) is 8.69. The summed E-state index contributed by atoms with van der Waals surface area (Å²) in [6.07, 6.45) is 2.15. The van der Waals surface area contributed by atoms with Gasteiger partial charge < -0.3 is 10.4 Å². The molecule has 0 rings (SSSR count). The summed E-state index contributed by atoms with van der Waals surface area (Å²) < 4.78 is 0. The van der Waals surface area contributed by atoms with Gasteiger partial charge in [-0.1, -0.05) is 13.3 Å². The van der Waals surface area contributed by atoms with Crippen LogP contribution in [0.1, 0.15) is 26.7 Å². The molecule has 9 heavy (non-hydrogen) atoms. The molecule has 0 radical (unpaired) electrons. The number of hydrogen-bond donors (Lipinski definition) is 2. The molecular formula is C6H13NOS. The fourth-order valence-corrected chi connectivity index (χ4v) is 0.917. The molecule has 0 saturated carbocycles. The van der Waals surface area contributed by atoms with Crippen molar-refractivity contribution in [3.05, 3.63) is 0 Å². The molecular weight excluding hydrogens is 134 g/mol. The van der Waals surface area contributed by atoms with Gasteiger partial charge in [0, 0.05) is 6.04 Å². The average molecular weight is 147 g/mol. The van der Waals surface area contributed by atoms with Gasteiger partial charge in [0.1, 0.15) is 0 Å². The maximum atomic E-state index is 8.57. The highest BCUT2D eigenvalue weighted by Gasteiger charge is 1.98. The summed E-state index contributed by atoms with van der Waals surface area (Å²) in [6.45, 7) is 4.09. The molecule has 0 amide bonds. The lowest BCUT2D eigenvalue weighted by Gasteiger charge is -2.09. The first-order chi connectivity index (χ1) is 4.16. The molecule has 0 aromatic carbocycles. The Morgan fingerprint density at radius 3 is 2.67 bits per heavy atom. The van der Waals surface area contributed by atoms with E-state index in [1.165, 1.54) is 0 Å². The number of aliphatic hydroxyl groups excluding tert-OH is 1. The van der Waals surface area contributed by atoms with Gasteiger partial charge in [-0.2, -0.15) is 0 Å². The maximum absolute atomic E-state index is 8.57. The van der Waals surface area contributed by atoms with Crippen LogP contribution in [0.4, 0.5) is 0 Å². The van der Waals surface area contributed by atoms with Crippen LogP contribution in [0.3, 0.4) is 0 Å². The molecule has 0 heterocycles. The molecule has 0 aliphatic carbocycles. The van der Waals surface area contributed by atoms with E-state index >= 15 is 0 Å². The van der Waals surface area contributed by atoms with Gasteiger partial charge in [-0.05, 0) is 25.6 Å². The molecule has 1 unspecified atom stereocenters. The first-order valence-corrected chi connectivity index (χ1v) is 3.57. The van der Waals surface area contributed by atoms with Crippen LogP contribution >= 0.6 is 12.2 Å². The largest absolute Gasteiger partial charge is 0.487 e. The highest BCUT2D eigenvalue weighted by atomic mass is 32.1. The fourth-order valence-electron chi connectivity index (χ4n) is 0.716. The van der Waals surface area contributed by atoms with Crippen molar-refractivity contribution >= 4 is 17.4 Å². The van der Waals surface area contributed by atoms with Crippen LogP contribution in [0, 0.1) is 0 Å². The molecule has 0 aliphatic heterocycles. The summed E-state index contributed by atoms with van der Waals surface area (Å²) in [5.41, 5.74) is 0. The predicted molar refractivity (Wildman–Crippen MR) is 42.7 cm³/mol. The predicted octanol–water partition coefficient (Wildman–Crippen LogP) is 1.61. The summed E-state index contributed by atoms with van der Waals surface area (Å²) >= 11 is 4.43. The molecule has 0 fully saturated rings. The molecule has 0 spiro atoms. The Morgan fingerprint density at radius 2 is 2.33 bits per heavy atom. The Kier molecular flexibility index (Phi) is 4.40. The summed E-state index contributed by atoms with van der Waals surface area (Å²) in [5.74, 6) is 0. The Balaban J connectivity index is 3.26. The van der Waals surface area contributed by atoms with Gasteiger partial charge in [0.25, 0.3) is 5.17 Å². The standard InChI is InChI=1S/C6H13NOS/c1-3-4-5(2)7-6(8)9/h5H,3-4H2,1-2H3,(H2,7,8,9). The van der Waals surface area contributed by atoms with Crippen molar-refractivity contribution in [2.45, 2.75) is 32.7 Å². The van der Waals surface area contributed by atoms with Gasteiger partial charge in [0.15, 0.2) is 0 Å². The zero-order chi connectivity index (χ0) is 7.28. The van der Waals surface area contributed by atoms with Crippen LogP contribution in [0.15, 0.2) is 0 Å². The summed E-state index contributed by atoms with van der Waals surface area (Å²) in [4.78, 5) is 0. The van der Waals surface area contributed by atoms with E-state index in [2.05, 4.69) is 24.5 Å². The summed E-state index contributed by atoms with van der Waals surface area (Å²) in [7, 11) is 0. The Morgan fingerprint density at radius 1 is 1.78 bits per heavy atom. The fraction of sp³-hybridized carbons (Fsp3) is 0.833. The minimum atomic E-state index is -0.101. The molecule has 0 aliphatic rings. The third-order valence-electron chi connectivity index (χ3n) is 1.09. The van der Waals surface area contributed by atoms with Gasteiger partial charge in [0.05, 0.1) is 0 Å². The van der Waals surface area contributed by atoms with Crippen molar-refractivity contribution in [3.8, 4) is 0 Å². The number of aliphatic hydroxyl groups is 1. The van der Waals surface area contributed by atoms with Crippen LogP contribution in [0.2, 0.25) is 0 Å². The van der Waals surface area contributed by atoms with Gasteiger partial charge in [0.2, 0.25) is 0 Å². The molecule has 0 aromatic rings. The smallest absolute Gasteiger partial charge is 0.254 e. The van der Waals surface area contributed by atoms with E-state index in [9.17, 15) is 0 Å². The molecule has 3 heteroatoms. The molecule has 2 nitrogen and oxygen atoms in total. The third kappa shape index (κ3) is 5.56. The van der Waals surface area contributed by atoms with Gasteiger partial charge in [-0.15, -0.1) is 0 Å². The van der Waals surface area contributed by atoms with Crippen molar-refractivity contribution < 1.29 is 5.11 Å². The van der Waals surface area contributed by atoms with E-state index < -0.39 is 0 Å². The van der Waals surface area contributed by atoms with Crippen LogP contribution in [0.5, 0.6) is 0 Å². The van der Waals surface area contributed by atoms with Gasteiger partial charge >= 0.3 is 0 Å². The molecule has 54 valence electrons. The van der Waals surface area contributed by atoms with Crippen molar-refractivity contribution in [1.82, 2.24) is 5.32 Å². The summed E-state index contributed by atoms with van der Waals surface area (Å²) in [5, 5.41) is 11.2. The van der Waals surface area contributed by atoms with E-state index in [0.717, 1.165) is 12.8 Å². The molecule has 2 N–H and O–H groups in total. The second-order valence-electron chi connectivity index (χ2n) is 2.14. The number of thiocarbonyl (C=S) groups is 1. The van der Waals surface area contributed by atoms with Crippen molar-refractivity contribution in [2.75, 3.05) is 0 Å². The lowest BCUT2D eigenvalue weighted by molar-refractivity contribution is 0.491. The quantitative estimate of drug-likeness (QED) is 0.595. The molecule has 0 bridgehead atoms. The zero-order valence-corrected chi connectivity index (χ0v) is 6.66. The number of hydrogen-bond acceptors (Lipinski definition) is 1. The normalized spacial score (nSPS) is 12.7. The van der Waals surface area contributed by atoms with Crippen molar-refractivity contribution in [1.29, 1.82) is 0 Å². The molecule has 0 saturated heterocycles. The lowest BCUT2D eigenvalue weighted by Crippen LogP contribution is -2.30. The number of nitrogens with one attached hydrogen (secondary N) is 1. The zero-order valence-electron chi connectivity index (χ0n) is 5.85. The third-order valence-corrected chi connectivity index (χ3v) is 1.21. The van der Waals surface area contributed by atoms with Gasteiger partial charge in [-0.3, -0.25) is 0 Å². The van der Waals surface area contributed by atoms with E-state index in [-0.39, 0.29) is 5.17 Å². The molecule has 1 atom stereocenters.